The molecule has 1 unspecified atom stereocenters. The molecule has 2 rings (SSSR count). The smallest absolute Gasteiger partial charge is 0.259 e. The van der Waals surface area contributed by atoms with Gasteiger partial charge in [0.25, 0.3) is 5.56 Å². The molecule has 7 heteroatoms. The summed E-state index contributed by atoms with van der Waals surface area (Å²) in [6.07, 6.45) is 0. The van der Waals surface area contributed by atoms with Gasteiger partial charge in [0, 0.05) is 10.4 Å². The van der Waals surface area contributed by atoms with Crippen molar-refractivity contribution in [3.8, 4) is 0 Å². The van der Waals surface area contributed by atoms with E-state index in [1.54, 1.807) is 0 Å². The Hall–Kier alpha value is -1.34. The van der Waals surface area contributed by atoms with Crippen LogP contribution < -0.4 is 10.9 Å². The zero-order valence-corrected chi connectivity index (χ0v) is 16.0. The summed E-state index contributed by atoms with van der Waals surface area (Å²) in [6, 6.07) is 0. The van der Waals surface area contributed by atoms with E-state index in [9.17, 15) is 9.59 Å². The number of H-pyrrole nitrogens is 1. The highest BCUT2D eigenvalue weighted by Gasteiger charge is 2.20. The first kappa shape index (κ1) is 18.0. The number of carbonyl (C=O) groups excluding carboxylic acids is 1. The number of nitrogens with zero attached hydrogens (tertiary/aromatic N) is 1. The van der Waals surface area contributed by atoms with Crippen molar-refractivity contribution in [1.82, 2.24) is 15.3 Å². The maximum absolute atomic E-state index is 12.2. The highest BCUT2D eigenvalue weighted by molar-refractivity contribution is 7.99. The maximum Gasteiger partial charge on any atom is 0.259 e. The Morgan fingerprint density at radius 2 is 2.04 bits per heavy atom. The lowest BCUT2D eigenvalue weighted by Crippen LogP contribution is -2.44. The quantitative estimate of drug-likeness (QED) is 0.885. The molecule has 23 heavy (non-hydrogen) atoms. The Bertz CT molecular complexity index is 787. The van der Waals surface area contributed by atoms with Gasteiger partial charge in [0.15, 0.2) is 0 Å². The van der Waals surface area contributed by atoms with Crippen LogP contribution in [0.3, 0.4) is 0 Å². The Balaban J connectivity index is 2.11. The Morgan fingerprint density at radius 3 is 2.65 bits per heavy atom. The number of nitrogens with one attached hydrogen (secondary N) is 2. The van der Waals surface area contributed by atoms with Crippen LogP contribution in [0.5, 0.6) is 0 Å². The molecule has 2 N–H and O–H groups in total. The zero-order valence-electron chi connectivity index (χ0n) is 14.4. The van der Waals surface area contributed by atoms with E-state index in [1.807, 2.05) is 41.5 Å². The van der Waals surface area contributed by atoms with E-state index in [4.69, 9.17) is 0 Å². The van der Waals surface area contributed by atoms with Crippen LogP contribution >= 0.6 is 23.1 Å². The zero-order chi connectivity index (χ0) is 17.4. The molecule has 0 aromatic carbocycles. The Morgan fingerprint density at radius 1 is 1.39 bits per heavy atom. The summed E-state index contributed by atoms with van der Waals surface area (Å²) < 4.78 is 0. The summed E-state index contributed by atoms with van der Waals surface area (Å²) in [5.74, 6) is 1.11. The fourth-order valence-corrected chi connectivity index (χ4v) is 3.92. The van der Waals surface area contributed by atoms with Crippen LogP contribution in [0.1, 0.15) is 44.0 Å². The number of hydrogen-bond acceptors (Lipinski definition) is 5. The minimum absolute atomic E-state index is 0.00580. The second kappa shape index (κ2) is 6.65. The van der Waals surface area contributed by atoms with Gasteiger partial charge in [-0.3, -0.25) is 9.59 Å². The van der Waals surface area contributed by atoms with Crippen LogP contribution in [0.15, 0.2) is 4.79 Å². The van der Waals surface area contributed by atoms with Gasteiger partial charge in [-0.25, -0.2) is 4.98 Å². The number of aryl methyl sites for hydroxylation is 2. The van der Waals surface area contributed by atoms with Gasteiger partial charge in [-0.15, -0.1) is 23.1 Å². The summed E-state index contributed by atoms with van der Waals surface area (Å²) in [5, 5.41) is 3.43. The lowest BCUT2D eigenvalue weighted by molar-refractivity contribution is -0.121. The standard InChI is InChI=1S/C16H23N3O2S2/c1-8-9(2)23-15-12(8)14(21)17-11(18-15)7-22-10(3)13(20)19-16(4,5)6/h10H,7H2,1-6H3,(H,19,20)(H,17,18,21). The van der Waals surface area contributed by atoms with Crippen molar-refractivity contribution in [2.45, 2.75) is 58.1 Å². The predicted octanol–water partition coefficient (Wildman–Crippen LogP) is 3.14. The minimum atomic E-state index is -0.247. The molecular weight excluding hydrogens is 330 g/mol. The van der Waals surface area contributed by atoms with Crippen LogP contribution in [0, 0.1) is 13.8 Å². The molecule has 2 aromatic heterocycles. The van der Waals surface area contributed by atoms with Crippen LogP contribution in [0.2, 0.25) is 0 Å². The van der Waals surface area contributed by atoms with Crippen molar-refractivity contribution < 1.29 is 4.79 Å². The van der Waals surface area contributed by atoms with Crippen LogP contribution in [0.25, 0.3) is 10.2 Å². The third-order valence-corrected chi connectivity index (χ3v) is 5.68. The fraction of sp³-hybridized carbons (Fsp3) is 0.562. The number of carbonyl (C=O) groups is 1. The summed E-state index contributed by atoms with van der Waals surface area (Å²) in [5.41, 5.74) is 0.652. The average Bonchev–Trinajstić information content (AvgIpc) is 2.69. The summed E-state index contributed by atoms with van der Waals surface area (Å²) in [7, 11) is 0. The molecule has 0 spiro atoms. The van der Waals surface area contributed by atoms with Gasteiger partial charge in [-0.1, -0.05) is 0 Å². The number of hydrogen-bond donors (Lipinski definition) is 2. The van der Waals surface area contributed by atoms with Crippen molar-refractivity contribution >= 4 is 39.2 Å². The fourth-order valence-electron chi connectivity index (χ4n) is 2.12. The summed E-state index contributed by atoms with van der Waals surface area (Å²) in [4.78, 5) is 33.6. The van der Waals surface area contributed by atoms with Gasteiger partial charge in [0.1, 0.15) is 10.7 Å². The number of amides is 1. The van der Waals surface area contributed by atoms with Crippen molar-refractivity contribution in [3.05, 3.63) is 26.6 Å². The summed E-state index contributed by atoms with van der Waals surface area (Å²) in [6.45, 7) is 11.7. The van der Waals surface area contributed by atoms with Gasteiger partial charge in [0.05, 0.1) is 16.4 Å². The molecule has 0 saturated carbocycles. The van der Waals surface area contributed by atoms with Crippen molar-refractivity contribution in [3.63, 3.8) is 0 Å². The van der Waals surface area contributed by atoms with Gasteiger partial charge in [0.2, 0.25) is 5.91 Å². The molecule has 2 aromatic rings. The molecule has 0 fully saturated rings. The monoisotopic (exact) mass is 353 g/mol. The first-order valence-corrected chi connectivity index (χ1v) is 9.37. The van der Waals surface area contributed by atoms with E-state index in [0.29, 0.717) is 17.0 Å². The number of aromatic amines is 1. The van der Waals surface area contributed by atoms with E-state index >= 15 is 0 Å². The van der Waals surface area contributed by atoms with Crippen LogP contribution in [0.4, 0.5) is 0 Å². The second-order valence-electron chi connectivity index (χ2n) is 6.67. The number of thiophene rings is 1. The molecule has 0 bridgehead atoms. The molecule has 0 aliphatic heterocycles. The highest BCUT2D eigenvalue weighted by atomic mass is 32.2. The van der Waals surface area contributed by atoms with Crippen molar-refractivity contribution in [2.75, 3.05) is 0 Å². The Labute approximate surface area is 144 Å². The Kier molecular flexibility index (Phi) is 5.20. The molecule has 1 atom stereocenters. The van der Waals surface area contributed by atoms with Gasteiger partial charge < -0.3 is 10.3 Å². The maximum atomic E-state index is 12.2. The third-order valence-electron chi connectivity index (χ3n) is 3.43. The predicted molar refractivity (Wildman–Crippen MR) is 98.4 cm³/mol. The van der Waals surface area contributed by atoms with E-state index in [-0.39, 0.29) is 22.3 Å². The molecule has 5 nitrogen and oxygen atoms in total. The van der Waals surface area contributed by atoms with E-state index in [0.717, 1.165) is 15.3 Å². The second-order valence-corrected chi connectivity index (χ2v) is 9.20. The first-order chi connectivity index (χ1) is 10.6. The average molecular weight is 354 g/mol. The molecule has 0 aliphatic carbocycles. The number of rotatable bonds is 4. The minimum Gasteiger partial charge on any atom is -0.351 e. The van der Waals surface area contributed by atoms with E-state index < -0.39 is 0 Å². The highest BCUT2D eigenvalue weighted by Crippen LogP contribution is 2.26. The lowest BCUT2D eigenvalue weighted by Gasteiger charge is -2.22. The molecule has 0 saturated heterocycles. The molecular formula is C16H23N3O2S2. The van der Waals surface area contributed by atoms with Crippen LogP contribution in [-0.4, -0.2) is 26.7 Å². The van der Waals surface area contributed by atoms with Crippen molar-refractivity contribution in [1.29, 1.82) is 0 Å². The molecule has 0 radical (unpaired) electrons. The number of thioether (sulfide) groups is 1. The van der Waals surface area contributed by atoms with E-state index in [2.05, 4.69) is 15.3 Å². The van der Waals surface area contributed by atoms with E-state index in [1.165, 1.54) is 23.1 Å². The normalized spacial score (nSPS) is 13.3. The van der Waals surface area contributed by atoms with Gasteiger partial charge in [-0.05, 0) is 47.1 Å². The molecule has 1 amide bonds. The third kappa shape index (κ3) is 4.35. The first-order valence-electron chi connectivity index (χ1n) is 7.51. The van der Waals surface area contributed by atoms with Crippen LogP contribution in [-0.2, 0) is 10.5 Å². The van der Waals surface area contributed by atoms with Gasteiger partial charge in [-0.2, -0.15) is 0 Å². The topological polar surface area (TPSA) is 74.8 Å². The molecule has 0 aliphatic rings. The summed E-state index contributed by atoms with van der Waals surface area (Å²) >= 11 is 3.00. The SMILES string of the molecule is Cc1sc2nc(CSC(C)C(=O)NC(C)(C)C)[nH]c(=O)c2c1C. The number of aromatic nitrogens is 2. The lowest BCUT2D eigenvalue weighted by atomic mass is 10.1. The van der Waals surface area contributed by atoms with Gasteiger partial charge >= 0.3 is 0 Å². The number of fused-ring (bicyclic) bond motifs is 1. The molecule has 126 valence electrons. The largest absolute Gasteiger partial charge is 0.351 e. The molecule has 2 heterocycles. The van der Waals surface area contributed by atoms with Crippen molar-refractivity contribution in [2.24, 2.45) is 0 Å².